The second-order valence-electron chi connectivity index (χ2n) is 3.52. The summed E-state index contributed by atoms with van der Waals surface area (Å²) in [5, 5.41) is 6.79. The minimum Gasteiger partial charge on any atom is -0.370 e. The Hall–Kier alpha value is -1.32. The number of H-pyrrole nitrogens is 1. The van der Waals surface area contributed by atoms with Gasteiger partial charge in [0.1, 0.15) is 0 Å². The van der Waals surface area contributed by atoms with Gasteiger partial charge in [0.05, 0.1) is 5.69 Å². The van der Waals surface area contributed by atoms with Gasteiger partial charge in [-0.05, 0) is 12.0 Å². The number of nitrogens with one attached hydrogen (secondary N) is 1. The number of amides is 1. The number of aromatic amines is 1. The molecule has 0 aliphatic heterocycles. The molecule has 4 heteroatoms. The molecule has 1 aromatic rings. The zero-order valence-electron chi connectivity index (χ0n) is 7.95. The molecule has 0 saturated heterocycles. The van der Waals surface area contributed by atoms with Crippen LogP contribution in [0.4, 0.5) is 0 Å². The summed E-state index contributed by atoms with van der Waals surface area (Å²) in [6.07, 6.45) is 2.12. The second-order valence-corrected chi connectivity index (χ2v) is 3.52. The number of aromatic nitrogens is 2. The van der Waals surface area contributed by atoms with E-state index in [9.17, 15) is 4.79 Å². The lowest BCUT2D eigenvalue weighted by Gasteiger charge is -2.16. The van der Waals surface area contributed by atoms with Gasteiger partial charge in [0, 0.05) is 18.5 Å². The molecule has 72 valence electrons. The highest BCUT2D eigenvalue weighted by Gasteiger charge is 2.19. The van der Waals surface area contributed by atoms with E-state index in [1.807, 2.05) is 6.07 Å². The van der Waals surface area contributed by atoms with Crippen LogP contribution in [0.3, 0.4) is 0 Å². The highest BCUT2D eigenvalue weighted by molar-refractivity contribution is 5.74. The molecule has 0 radical (unpaired) electrons. The molecule has 0 fully saturated rings. The van der Waals surface area contributed by atoms with Crippen LogP contribution >= 0.6 is 0 Å². The van der Waals surface area contributed by atoms with E-state index >= 15 is 0 Å². The van der Waals surface area contributed by atoms with Gasteiger partial charge in [0.15, 0.2) is 0 Å². The van der Waals surface area contributed by atoms with Gasteiger partial charge in [-0.1, -0.05) is 13.8 Å². The molecule has 0 saturated carbocycles. The molecule has 1 aromatic heterocycles. The van der Waals surface area contributed by atoms with E-state index in [0.29, 0.717) is 12.3 Å². The van der Waals surface area contributed by atoms with E-state index in [-0.39, 0.29) is 11.8 Å². The van der Waals surface area contributed by atoms with Crippen LogP contribution < -0.4 is 5.73 Å². The molecule has 0 spiro atoms. The highest BCUT2D eigenvalue weighted by atomic mass is 16.1. The van der Waals surface area contributed by atoms with Crippen molar-refractivity contribution in [2.45, 2.75) is 26.2 Å². The Morgan fingerprint density at radius 1 is 1.69 bits per heavy atom. The Labute approximate surface area is 77.5 Å². The molecular weight excluding hydrogens is 166 g/mol. The van der Waals surface area contributed by atoms with E-state index in [1.54, 1.807) is 6.20 Å². The van der Waals surface area contributed by atoms with E-state index in [0.717, 1.165) is 5.69 Å². The summed E-state index contributed by atoms with van der Waals surface area (Å²) < 4.78 is 0. The lowest BCUT2D eigenvalue weighted by molar-refractivity contribution is -0.118. The lowest BCUT2D eigenvalue weighted by atomic mass is 9.89. The summed E-state index contributed by atoms with van der Waals surface area (Å²) >= 11 is 0. The normalized spacial score (nSPS) is 13.2. The minimum atomic E-state index is -0.276. The van der Waals surface area contributed by atoms with E-state index in [2.05, 4.69) is 24.0 Å². The SMILES string of the molecule is CC(C)C(CC(N)=O)c1cc[nH]n1. The van der Waals surface area contributed by atoms with Crippen LogP contribution in [-0.2, 0) is 4.79 Å². The molecule has 1 heterocycles. The van der Waals surface area contributed by atoms with Gasteiger partial charge in [-0.2, -0.15) is 5.10 Å². The number of primary amides is 1. The number of nitrogens with zero attached hydrogens (tertiary/aromatic N) is 1. The van der Waals surface area contributed by atoms with Gasteiger partial charge < -0.3 is 5.73 Å². The van der Waals surface area contributed by atoms with Gasteiger partial charge in [-0.15, -0.1) is 0 Å². The molecule has 0 aliphatic rings. The molecule has 1 unspecified atom stereocenters. The Kier molecular flexibility index (Phi) is 3.06. The summed E-state index contributed by atoms with van der Waals surface area (Å²) in [6.45, 7) is 4.12. The Morgan fingerprint density at radius 3 is 2.77 bits per heavy atom. The predicted octanol–water partition coefficient (Wildman–Crippen LogP) is 1.02. The van der Waals surface area contributed by atoms with Gasteiger partial charge >= 0.3 is 0 Å². The van der Waals surface area contributed by atoms with Crippen LogP contribution in [0.5, 0.6) is 0 Å². The van der Waals surface area contributed by atoms with Crippen LogP contribution in [0.25, 0.3) is 0 Å². The number of hydrogen-bond acceptors (Lipinski definition) is 2. The van der Waals surface area contributed by atoms with Crippen molar-refractivity contribution in [2.75, 3.05) is 0 Å². The van der Waals surface area contributed by atoms with Gasteiger partial charge in [-0.25, -0.2) is 0 Å². The number of nitrogens with two attached hydrogens (primary N) is 1. The smallest absolute Gasteiger partial charge is 0.218 e. The predicted molar refractivity (Wildman–Crippen MR) is 50.0 cm³/mol. The largest absolute Gasteiger partial charge is 0.370 e. The fraction of sp³-hybridized carbons (Fsp3) is 0.556. The lowest BCUT2D eigenvalue weighted by Crippen LogP contribution is -2.18. The van der Waals surface area contributed by atoms with Crippen LogP contribution in [0.1, 0.15) is 31.9 Å². The van der Waals surface area contributed by atoms with Crippen molar-refractivity contribution in [2.24, 2.45) is 11.7 Å². The first-order chi connectivity index (χ1) is 6.11. The van der Waals surface area contributed by atoms with Crippen molar-refractivity contribution in [3.05, 3.63) is 18.0 Å². The molecule has 1 amide bonds. The van der Waals surface area contributed by atoms with Gasteiger partial charge in [0.25, 0.3) is 0 Å². The number of carbonyl (C=O) groups excluding carboxylic acids is 1. The number of hydrogen-bond donors (Lipinski definition) is 2. The van der Waals surface area contributed by atoms with Gasteiger partial charge in [-0.3, -0.25) is 9.89 Å². The standard InChI is InChI=1S/C9H15N3O/c1-6(2)7(5-9(10)13)8-3-4-11-12-8/h3-4,6-7H,5H2,1-2H3,(H2,10,13)(H,11,12). The average molecular weight is 181 g/mol. The first kappa shape index (κ1) is 9.77. The quantitative estimate of drug-likeness (QED) is 0.728. The number of carbonyl (C=O) groups is 1. The molecular formula is C9H15N3O. The first-order valence-corrected chi connectivity index (χ1v) is 4.39. The average Bonchev–Trinajstić information content (AvgIpc) is 2.50. The molecule has 1 rings (SSSR count). The van der Waals surface area contributed by atoms with Crippen molar-refractivity contribution >= 4 is 5.91 Å². The molecule has 0 bridgehead atoms. The summed E-state index contributed by atoms with van der Waals surface area (Å²) in [7, 11) is 0. The third kappa shape index (κ3) is 2.57. The molecule has 3 N–H and O–H groups in total. The van der Waals surface area contributed by atoms with E-state index in [1.165, 1.54) is 0 Å². The Bertz CT molecular complexity index is 266. The van der Waals surface area contributed by atoms with Crippen LogP contribution in [0.15, 0.2) is 12.3 Å². The molecule has 1 atom stereocenters. The second kappa shape index (κ2) is 4.07. The number of rotatable bonds is 4. The topological polar surface area (TPSA) is 71.8 Å². The molecule has 0 aromatic carbocycles. The van der Waals surface area contributed by atoms with Crippen molar-refractivity contribution < 1.29 is 4.79 Å². The summed E-state index contributed by atoms with van der Waals surface area (Å²) in [5.41, 5.74) is 6.07. The summed E-state index contributed by atoms with van der Waals surface area (Å²) in [6, 6.07) is 1.88. The maximum Gasteiger partial charge on any atom is 0.218 e. The van der Waals surface area contributed by atoms with E-state index in [4.69, 9.17) is 5.73 Å². The Morgan fingerprint density at radius 2 is 2.38 bits per heavy atom. The maximum atomic E-state index is 10.8. The van der Waals surface area contributed by atoms with Crippen LogP contribution in [-0.4, -0.2) is 16.1 Å². The summed E-state index contributed by atoms with van der Waals surface area (Å²) in [4.78, 5) is 10.8. The first-order valence-electron chi connectivity index (χ1n) is 4.39. The fourth-order valence-electron chi connectivity index (χ4n) is 1.38. The summed E-state index contributed by atoms with van der Waals surface area (Å²) in [5.74, 6) is 0.223. The zero-order valence-corrected chi connectivity index (χ0v) is 7.95. The zero-order chi connectivity index (χ0) is 9.84. The van der Waals surface area contributed by atoms with Crippen molar-refractivity contribution in [1.29, 1.82) is 0 Å². The van der Waals surface area contributed by atoms with Crippen LogP contribution in [0, 0.1) is 5.92 Å². The fourth-order valence-corrected chi connectivity index (χ4v) is 1.38. The molecule has 0 aliphatic carbocycles. The van der Waals surface area contributed by atoms with Crippen molar-refractivity contribution in [3.8, 4) is 0 Å². The van der Waals surface area contributed by atoms with Crippen molar-refractivity contribution in [3.63, 3.8) is 0 Å². The highest BCUT2D eigenvalue weighted by Crippen LogP contribution is 2.25. The molecule has 4 nitrogen and oxygen atoms in total. The van der Waals surface area contributed by atoms with Gasteiger partial charge in [0.2, 0.25) is 5.91 Å². The van der Waals surface area contributed by atoms with Crippen LogP contribution in [0.2, 0.25) is 0 Å². The third-order valence-corrected chi connectivity index (χ3v) is 2.13. The molecule has 13 heavy (non-hydrogen) atoms. The minimum absolute atomic E-state index is 0.128. The third-order valence-electron chi connectivity index (χ3n) is 2.13. The van der Waals surface area contributed by atoms with Crippen molar-refractivity contribution in [1.82, 2.24) is 10.2 Å². The van der Waals surface area contributed by atoms with E-state index < -0.39 is 0 Å². The monoisotopic (exact) mass is 181 g/mol. The maximum absolute atomic E-state index is 10.8. The Balaban J connectivity index is 2.74.